The first-order valence-corrected chi connectivity index (χ1v) is 14.4. The molecule has 0 amide bonds. The fourth-order valence-corrected chi connectivity index (χ4v) is 5.58. The molecule has 6 aromatic rings. The van der Waals surface area contributed by atoms with Gasteiger partial charge in [-0.05, 0) is 66.1 Å². The number of benzene rings is 4. The molecule has 0 bridgehead atoms. The summed E-state index contributed by atoms with van der Waals surface area (Å²) in [6, 6.07) is 30.6. The SMILES string of the molecule is CN(C)c1ccc(-n2c(=O)sc3ccccc32)cc1.CN(C)c1ccc(B(O)O)cc1.O=c1[nH]c2ccccc2s1. The Morgan fingerprint density at radius 2 is 1.22 bits per heavy atom. The quantitative estimate of drug-likeness (QED) is 0.269. The summed E-state index contributed by atoms with van der Waals surface area (Å²) in [4.78, 5) is 29.7. The number of aromatic nitrogens is 2. The van der Waals surface area contributed by atoms with Crippen LogP contribution in [0.15, 0.2) is 107 Å². The maximum Gasteiger partial charge on any atom is 0.488 e. The first kappa shape index (κ1) is 29.8. The van der Waals surface area contributed by atoms with Gasteiger partial charge in [0, 0.05) is 39.6 Å². The van der Waals surface area contributed by atoms with Crippen molar-refractivity contribution in [2.45, 2.75) is 0 Å². The molecule has 0 aliphatic heterocycles. The molecule has 6 rings (SSSR count). The Labute approximate surface area is 246 Å². The van der Waals surface area contributed by atoms with E-state index < -0.39 is 7.12 Å². The minimum atomic E-state index is -1.37. The van der Waals surface area contributed by atoms with Crippen LogP contribution in [0.3, 0.4) is 0 Å². The van der Waals surface area contributed by atoms with E-state index >= 15 is 0 Å². The summed E-state index contributed by atoms with van der Waals surface area (Å²) in [6.45, 7) is 0. The van der Waals surface area contributed by atoms with Gasteiger partial charge in [0.1, 0.15) is 0 Å². The average molecular weight is 587 g/mol. The van der Waals surface area contributed by atoms with Crippen LogP contribution in [-0.2, 0) is 0 Å². The van der Waals surface area contributed by atoms with Crippen molar-refractivity contribution in [3.05, 3.63) is 116 Å². The van der Waals surface area contributed by atoms with E-state index in [1.807, 2.05) is 123 Å². The lowest BCUT2D eigenvalue weighted by atomic mass is 9.80. The lowest BCUT2D eigenvalue weighted by Gasteiger charge is -2.13. The molecule has 0 spiro atoms. The van der Waals surface area contributed by atoms with Gasteiger partial charge in [0.25, 0.3) is 0 Å². The van der Waals surface area contributed by atoms with Gasteiger partial charge in [-0.1, -0.05) is 59.1 Å². The van der Waals surface area contributed by atoms with Crippen molar-refractivity contribution in [1.82, 2.24) is 9.55 Å². The molecule has 0 atom stereocenters. The number of rotatable bonds is 4. The molecule has 0 saturated heterocycles. The molecule has 3 N–H and O–H groups in total. The third-order valence-electron chi connectivity index (χ3n) is 6.14. The third-order valence-corrected chi connectivity index (χ3v) is 7.93. The van der Waals surface area contributed by atoms with Gasteiger partial charge >= 0.3 is 16.9 Å². The van der Waals surface area contributed by atoms with Crippen LogP contribution in [0.5, 0.6) is 0 Å². The van der Waals surface area contributed by atoms with E-state index in [-0.39, 0.29) is 9.75 Å². The lowest BCUT2D eigenvalue weighted by Crippen LogP contribution is -2.29. The topological polar surface area (TPSA) is 102 Å². The highest BCUT2D eigenvalue weighted by atomic mass is 32.1. The molecule has 0 aliphatic rings. The highest BCUT2D eigenvalue weighted by molar-refractivity contribution is 7.16. The molecule has 0 saturated carbocycles. The summed E-state index contributed by atoms with van der Waals surface area (Å²) in [6.07, 6.45) is 0. The predicted molar refractivity (Wildman–Crippen MR) is 175 cm³/mol. The minimum Gasteiger partial charge on any atom is -0.423 e. The molecule has 4 aromatic carbocycles. The first-order valence-electron chi connectivity index (χ1n) is 12.7. The van der Waals surface area contributed by atoms with Crippen LogP contribution >= 0.6 is 22.7 Å². The van der Waals surface area contributed by atoms with Crippen LogP contribution in [-0.4, -0.2) is 54.9 Å². The second-order valence-electron chi connectivity index (χ2n) is 9.45. The van der Waals surface area contributed by atoms with E-state index in [1.54, 1.807) is 16.7 Å². The summed E-state index contributed by atoms with van der Waals surface area (Å²) < 4.78 is 3.80. The van der Waals surface area contributed by atoms with Gasteiger partial charge in [-0.15, -0.1) is 0 Å². The van der Waals surface area contributed by atoms with Crippen LogP contribution in [0.4, 0.5) is 11.4 Å². The van der Waals surface area contributed by atoms with Gasteiger partial charge in [-0.2, -0.15) is 0 Å². The third kappa shape index (κ3) is 7.53. The number of anilines is 2. The maximum absolute atomic E-state index is 12.1. The van der Waals surface area contributed by atoms with E-state index in [9.17, 15) is 9.59 Å². The zero-order valence-electron chi connectivity index (χ0n) is 23.2. The fourth-order valence-electron chi connectivity index (χ4n) is 3.95. The van der Waals surface area contributed by atoms with E-state index in [1.165, 1.54) is 22.7 Å². The van der Waals surface area contributed by atoms with Crippen LogP contribution in [0, 0.1) is 0 Å². The van der Waals surface area contributed by atoms with Crippen molar-refractivity contribution in [1.29, 1.82) is 0 Å². The van der Waals surface area contributed by atoms with E-state index in [0.717, 1.165) is 37.5 Å². The number of thiazole rings is 2. The standard InChI is InChI=1S/C15H14N2OS.C8H12BNO2.C7H5NOS/c1-16(2)11-7-9-12(10-8-11)17-13-5-3-4-6-14(13)19-15(17)18;1-10(2)8-5-3-7(4-6-8)9(11)12;9-7-8-5-3-1-2-4-6(5)10-7/h3-10H,1-2H3;3-6,11-12H,1-2H3;1-4H,(H,8,9). The Hall–Kier alpha value is -4.16. The molecular formula is C30H31BN4O4S2. The summed E-state index contributed by atoms with van der Waals surface area (Å²) in [5.74, 6) is 0. The Morgan fingerprint density at radius 3 is 1.78 bits per heavy atom. The van der Waals surface area contributed by atoms with Crippen molar-refractivity contribution in [3.63, 3.8) is 0 Å². The zero-order chi connectivity index (χ0) is 29.5. The van der Waals surface area contributed by atoms with Crippen LogP contribution in [0.2, 0.25) is 0 Å². The van der Waals surface area contributed by atoms with Crippen LogP contribution < -0.4 is 25.0 Å². The molecule has 41 heavy (non-hydrogen) atoms. The van der Waals surface area contributed by atoms with Gasteiger partial charge in [-0.3, -0.25) is 14.2 Å². The van der Waals surface area contributed by atoms with Crippen molar-refractivity contribution in [3.8, 4) is 5.69 Å². The van der Waals surface area contributed by atoms with E-state index in [4.69, 9.17) is 10.0 Å². The second-order valence-corrected chi connectivity index (χ2v) is 11.5. The first-order chi connectivity index (χ1) is 19.6. The largest absolute Gasteiger partial charge is 0.488 e. The van der Waals surface area contributed by atoms with Crippen LogP contribution in [0.25, 0.3) is 26.1 Å². The number of H-pyrrole nitrogens is 1. The molecule has 2 aromatic heterocycles. The van der Waals surface area contributed by atoms with Gasteiger partial charge in [0.05, 0.1) is 26.1 Å². The van der Waals surface area contributed by atoms with Gasteiger partial charge < -0.3 is 24.8 Å². The summed E-state index contributed by atoms with van der Waals surface area (Å²) in [7, 11) is 6.50. The summed E-state index contributed by atoms with van der Waals surface area (Å²) in [5.41, 5.74) is 5.48. The predicted octanol–water partition coefficient (Wildman–Crippen LogP) is 4.14. The van der Waals surface area contributed by atoms with Crippen LogP contribution in [0.1, 0.15) is 0 Å². The molecule has 210 valence electrons. The molecule has 0 unspecified atom stereocenters. The molecule has 0 aliphatic carbocycles. The van der Waals surface area contributed by atoms with E-state index in [2.05, 4.69) is 4.98 Å². The second kappa shape index (κ2) is 13.5. The Bertz CT molecular complexity index is 1760. The number of para-hydroxylation sites is 2. The fraction of sp³-hybridized carbons (Fsp3) is 0.133. The number of nitrogens with zero attached hydrogens (tertiary/aromatic N) is 3. The molecule has 0 radical (unpaired) electrons. The summed E-state index contributed by atoms with van der Waals surface area (Å²) in [5, 5.41) is 17.6. The highest BCUT2D eigenvalue weighted by Crippen LogP contribution is 2.22. The van der Waals surface area contributed by atoms with Gasteiger partial charge in [0.2, 0.25) is 0 Å². The number of hydrogen-bond acceptors (Lipinski definition) is 8. The molecule has 0 fully saturated rings. The average Bonchev–Trinajstić information content (AvgIpc) is 3.51. The monoisotopic (exact) mass is 586 g/mol. The maximum atomic E-state index is 12.1. The van der Waals surface area contributed by atoms with Crippen molar-refractivity contribution in [2.24, 2.45) is 0 Å². The van der Waals surface area contributed by atoms with Gasteiger partial charge in [-0.25, -0.2) is 0 Å². The Balaban J connectivity index is 0.000000152. The van der Waals surface area contributed by atoms with Gasteiger partial charge in [0.15, 0.2) is 0 Å². The molecule has 8 nitrogen and oxygen atoms in total. The number of hydrogen-bond donors (Lipinski definition) is 3. The number of aromatic amines is 1. The Kier molecular flexibility index (Phi) is 9.80. The minimum absolute atomic E-state index is 0.0150. The normalized spacial score (nSPS) is 10.4. The molecular weight excluding hydrogens is 555 g/mol. The lowest BCUT2D eigenvalue weighted by molar-refractivity contribution is 0.426. The molecule has 2 heterocycles. The van der Waals surface area contributed by atoms with Crippen molar-refractivity contribution >= 4 is 67.1 Å². The van der Waals surface area contributed by atoms with E-state index in [0.29, 0.717) is 5.46 Å². The van der Waals surface area contributed by atoms with Crippen molar-refractivity contribution in [2.75, 3.05) is 38.0 Å². The Morgan fingerprint density at radius 1 is 0.683 bits per heavy atom. The number of fused-ring (bicyclic) bond motifs is 2. The smallest absolute Gasteiger partial charge is 0.423 e. The zero-order valence-corrected chi connectivity index (χ0v) is 24.8. The summed E-state index contributed by atoms with van der Waals surface area (Å²) >= 11 is 2.52. The van der Waals surface area contributed by atoms with Crippen molar-refractivity contribution < 1.29 is 10.0 Å². The number of nitrogens with one attached hydrogen (secondary N) is 1. The molecule has 11 heteroatoms. The highest BCUT2D eigenvalue weighted by Gasteiger charge is 2.10.